The number of nitro groups is 1. The second-order valence-corrected chi connectivity index (χ2v) is 8.05. The molecule has 130 valence electrons. The Kier molecular flexibility index (Phi) is 3.62. The molecule has 0 spiro atoms. The zero-order valence-corrected chi connectivity index (χ0v) is 14.0. The third-order valence-electron chi connectivity index (χ3n) is 6.23. The van der Waals surface area contributed by atoms with E-state index in [0.717, 1.165) is 37.0 Å². The van der Waals surface area contributed by atoms with Crippen molar-refractivity contribution < 1.29 is 9.72 Å². The minimum absolute atomic E-state index is 0.0433. The van der Waals surface area contributed by atoms with Crippen LogP contribution in [0.25, 0.3) is 0 Å². The highest BCUT2D eigenvalue weighted by molar-refractivity contribution is 5.81. The molecule has 1 aromatic rings. The van der Waals surface area contributed by atoms with Gasteiger partial charge in [-0.3, -0.25) is 19.6 Å². The summed E-state index contributed by atoms with van der Waals surface area (Å²) < 4.78 is 1.44. The zero-order chi connectivity index (χ0) is 16.9. The number of carbonyl (C=O) groups is 1. The maximum atomic E-state index is 12.9. The summed E-state index contributed by atoms with van der Waals surface area (Å²) in [7, 11) is 0. The molecule has 0 aliphatic heterocycles. The summed E-state index contributed by atoms with van der Waals surface area (Å²) in [5.74, 6) is 2.25. The van der Waals surface area contributed by atoms with Gasteiger partial charge in [-0.1, -0.05) is 6.92 Å². The number of nitrogens with zero attached hydrogens (tertiary/aromatic N) is 3. The van der Waals surface area contributed by atoms with E-state index in [2.05, 4.69) is 10.4 Å². The van der Waals surface area contributed by atoms with Gasteiger partial charge >= 0.3 is 5.69 Å². The quantitative estimate of drug-likeness (QED) is 0.663. The minimum Gasteiger partial charge on any atom is -0.349 e. The topological polar surface area (TPSA) is 90.1 Å². The Labute approximate surface area is 140 Å². The van der Waals surface area contributed by atoms with Crippen molar-refractivity contribution in [3.8, 4) is 0 Å². The number of aromatic nitrogens is 2. The van der Waals surface area contributed by atoms with Crippen LogP contribution in [-0.2, 0) is 4.79 Å². The van der Waals surface area contributed by atoms with E-state index in [4.69, 9.17) is 0 Å². The molecule has 0 aromatic carbocycles. The van der Waals surface area contributed by atoms with Gasteiger partial charge in [0.1, 0.15) is 18.4 Å². The van der Waals surface area contributed by atoms with Crippen LogP contribution < -0.4 is 5.32 Å². The number of hydrogen-bond acceptors (Lipinski definition) is 4. The van der Waals surface area contributed by atoms with Crippen LogP contribution in [0.1, 0.15) is 57.9 Å². The summed E-state index contributed by atoms with van der Waals surface area (Å²) in [6.07, 6.45) is 10.4. The van der Waals surface area contributed by atoms with E-state index in [1.807, 2.05) is 6.92 Å². The van der Waals surface area contributed by atoms with Crippen molar-refractivity contribution in [2.45, 2.75) is 63.5 Å². The molecule has 1 atom stereocenters. The number of hydrogen-bond donors (Lipinski definition) is 1. The van der Waals surface area contributed by atoms with Crippen molar-refractivity contribution in [3.05, 3.63) is 22.5 Å². The SMILES string of the molecule is CCC(C(=O)NC12CC3CC(CC(C3)C1)C2)n1cc([N+](=O)[O-])cn1. The number of amides is 1. The lowest BCUT2D eigenvalue weighted by Crippen LogP contribution is -2.60. The summed E-state index contributed by atoms with van der Waals surface area (Å²) in [6, 6.07) is -0.480. The van der Waals surface area contributed by atoms with E-state index in [0.29, 0.717) is 6.42 Å². The third kappa shape index (κ3) is 2.59. The van der Waals surface area contributed by atoms with Crippen molar-refractivity contribution in [2.75, 3.05) is 0 Å². The molecule has 0 radical (unpaired) electrons. The van der Waals surface area contributed by atoms with Gasteiger partial charge in [-0.15, -0.1) is 0 Å². The van der Waals surface area contributed by atoms with Gasteiger partial charge in [-0.2, -0.15) is 5.10 Å². The second kappa shape index (κ2) is 5.57. The minimum atomic E-state index is -0.480. The monoisotopic (exact) mass is 332 g/mol. The van der Waals surface area contributed by atoms with Crippen molar-refractivity contribution in [1.29, 1.82) is 0 Å². The van der Waals surface area contributed by atoms with Crippen LogP contribution in [0, 0.1) is 27.9 Å². The molecule has 4 saturated carbocycles. The maximum absolute atomic E-state index is 12.9. The number of nitrogens with one attached hydrogen (secondary N) is 1. The van der Waals surface area contributed by atoms with Crippen LogP contribution >= 0.6 is 0 Å². The van der Waals surface area contributed by atoms with E-state index < -0.39 is 11.0 Å². The summed E-state index contributed by atoms with van der Waals surface area (Å²) in [5.41, 5.74) is -0.116. The molecule has 4 bridgehead atoms. The molecule has 4 fully saturated rings. The molecule has 4 aliphatic carbocycles. The van der Waals surface area contributed by atoms with E-state index >= 15 is 0 Å². The third-order valence-corrected chi connectivity index (χ3v) is 6.23. The fraction of sp³-hybridized carbons (Fsp3) is 0.765. The molecule has 1 unspecified atom stereocenters. The Morgan fingerprint density at radius 3 is 2.42 bits per heavy atom. The largest absolute Gasteiger partial charge is 0.349 e. The first kappa shape index (κ1) is 15.6. The van der Waals surface area contributed by atoms with Gasteiger partial charge < -0.3 is 5.32 Å². The Morgan fingerprint density at radius 1 is 1.38 bits per heavy atom. The molecule has 1 amide bonds. The normalized spacial score (nSPS) is 35.0. The number of rotatable bonds is 5. The Balaban J connectivity index is 1.51. The average Bonchev–Trinajstić information content (AvgIpc) is 2.95. The molecule has 0 saturated heterocycles. The Bertz CT molecular complexity index is 633. The summed E-state index contributed by atoms with van der Waals surface area (Å²) >= 11 is 0. The van der Waals surface area contributed by atoms with Gasteiger partial charge in [0.05, 0.1) is 4.92 Å². The molecular weight excluding hydrogens is 308 g/mol. The van der Waals surface area contributed by atoms with Crippen LogP contribution in [0.15, 0.2) is 12.4 Å². The van der Waals surface area contributed by atoms with Crippen LogP contribution in [-0.4, -0.2) is 26.1 Å². The summed E-state index contributed by atoms with van der Waals surface area (Å²) in [4.78, 5) is 23.3. The van der Waals surface area contributed by atoms with Crippen molar-refractivity contribution >= 4 is 11.6 Å². The zero-order valence-electron chi connectivity index (χ0n) is 14.0. The molecule has 4 aliphatic rings. The fourth-order valence-corrected chi connectivity index (χ4v) is 5.69. The molecule has 1 aromatic heterocycles. The Morgan fingerprint density at radius 2 is 1.96 bits per heavy atom. The molecule has 1 N–H and O–H groups in total. The van der Waals surface area contributed by atoms with Gasteiger partial charge in [0, 0.05) is 5.54 Å². The lowest BCUT2D eigenvalue weighted by molar-refractivity contribution is -0.385. The van der Waals surface area contributed by atoms with E-state index in [9.17, 15) is 14.9 Å². The highest BCUT2D eigenvalue weighted by atomic mass is 16.6. The molecular formula is C17H24N4O3. The second-order valence-electron chi connectivity index (χ2n) is 8.05. The molecule has 1 heterocycles. The number of carbonyl (C=O) groups excluding carboxylic acids is 1. The van der Waals surface area contributed by atoms with Crippen LogP contribution in [0.4, 0.5) is 5.69 Å². The average molecular weight is 332 g/mol. The molecule has 24 heavy (non-hydrogen) atoms. The smallest absolute Gasteiger partial charge is 0.307 e. The molecule has 5 rings (SSSR count). The van der Waals surface area contributed by atoms with Gasteiger partial charge in [-0.25, -0.2) is 0 Å². The van der Waals surface area contributed by atoms with E-state index in [1.54, 1.807) is 0 Å². The van der Waals surface area contributed by atoms with Crippen LogP contribution in [0.2, 0.25) is 0 Å². The van der Waals surface area contributed by atoms with Crippen molar-refractivity contribution in [1.82, 2.24) is 15.1 Å². The highest BCUT2D eigenvalue weighted by Crippen LogP contribution is 2.55. The van der Waals surface area contributed by atoms with Gasteiger partial charge in [0.15, 0.2) is 0 Å². The van der Waals surface area contributed by atoms with Gasteiger partial charge in [-0.05, 0) is 62.7 Å². The van der Waals surface area contributed by atoms with Crippen LogP contribution in [0.5, 0.6) is 0 Å². The molecule has 7 heteroatoms. The predicted molar refractivity (Wildman–Crippen MR) is 87.3 cm³/mol. The lowest BCUT2D eigenvalue weighted by atomic mass is 9.53. The first-order valence-corrected chi connectivity index (χ1v) is 8.98. The summed E-state index contributed by atoms with van der Waals surface area (Å²) in [6.45, 7) is 1.91. The predicted octanol–water partition coefficient (Wildman–Crippen LogP) is 2.83. The fourth-order valence-electron chi connectivity index (χ4n) is 5.69. The lowest BCUT2D eigenvalue weighted by Gasteiger charge is -2.57. The van der Waals surface area contributed by atoms with E-state index in [-0.39, 0.29) is 17.1 Å². The molecule has 7 nitrogen and oxygen atoms in total. The Hall–Kier alpha value is -1.92. The first-order chi connectivity index (χ1) is 11.5. The van der Waals surface area contributed by atoms with Gasteiger partial charge in [0.2, 0.25) is 5.91 Å². The van der Waals surface area contributed by atoms with Crippen molar-refractivity contribution in [2.24, 2.45) is 17.8 Å². The van der Waals surface area contributed by atoms with Gasteiger partial charge in [0.25, 0.3) is 0 Å². The van der Waals surface area contributed by atoms with E-state index in [1.165, 1.54) is 36.3 Å². The van der Waals surface area contributed by atoms with Crippen LogP contribution in [0.3, 0.4) is 0 Å². The first-order valence-electron chi connectivity index (χ1n) is 8.98. The highest BCUT2D eigenvalue weighted by Gasteiger charge is 2.51. The maximum Gasteiger partial charge on any atom is 0.307 e. The van der Waals surface area contributed by atoms with Crippen molar-refractivity contribution in [3.63, 3.8) is 0 Å². The standard InChI is InChI=1S/C17H24N4O3/c1-2-15(20-10-14(9-18-20)21(23)24)16(22)19-17-6-11-3-12(7-17)5-13(4-11)8-17/h9-13,15H,2-8H2,1H3,(H,19,22). The summed E-state index contributed by atoms with van der Waals surface area (Å²) in [5, 5.41) is 18.2.